The van der Waals surface area contributed by atoms with Crippen LogP contribution in [0.5, 0.6) is 0 Å². The molecule has 0 spiro atoms. The molecule has 0 N–H and O–H groups in total. The summed E-state index contributed by atoms with van der Waals surface area (Å²) in [7, 11) is 0. The van der Waals surface area contributed by atoms with Gasteiger partial charge in [-0.1, -0.05) is 35.9 Å². The van der Waals surface area contributed by atoms with Crippen molar-refractivity contribution in [2.24, 2.45) is 0 Å². The predicted octanol–water partition coefficient (Wildman–Crippen LogP) is 4.92. The molecular formula is C18H18O. The zero-order valence-corrected chi connectivity index (χ0v) is 11.2. The van der Waals surface area contributed by atoms with Crippen LogP contribution in [0.3, 0.4) is 0 Å². The van der Waals surface area contributed by atoms with Crippen LogP contribution in [-0.4, -0.2) is 0 Å². The Morgan fingerprint density at radius 1 is 0.895 bits per heavy atom. The molecule has 0 bridgehead atoms. The van der Waals surface area contributed by atoms with Crippen molar-refractivity contribution < 1.29 is 4.42 Å². The van der Waals surface area contributed by atoms with Gasteiger partial charge in [0.1, 0.15) is 5.58 Å². The minimum atomic E-state index is 0.964. The highest BCUT2D eigenvalue weighted by Crippen LogP contribution is 2.20. The van der Waals surface area contributed by atoms with E-state index in [9.17, 15) is 0 Å². The average molecular weight is 250 g/mol. The summed E-state index contributed by atoms with van der Waals surface area (Å²) in [6.07, 6.45) is 5.68. The molecule has 1 aliphatic rings. The van der Waals surface area contributed by atoms with E-state index in [-0.39, 0.29) is 0 Å². The summed E-state index contributed by atoms with van der Waals surface area (Å²) in [5.41, 5.74) is 5.37. The summed E-state index contributed by atoms with van der Waals surface area (Å²) < 4.78 is 5.17. The molecular weight excluding hydrogens is 232 g/mol. The minimum absolute atomic E-state index is 0.964. The van der Waals surface area contributed by atoms with E-state index < -0.39 is 0 Å². The number of rotatable bonds is 0. The van der Waals surface area contributed by atoms with Gasteiger partial charge in [0.25, 0.3) is 0 Å². The summed E-state index contributed by atoms with van der Waals surface area (Å²) in [4.78, 5) is 0. The molecule has 1 heteroatoms. The molecule has 2 aromatic carbocycles. The standard InChI is InChI=1S/C9H8O.C9H10/c1-7-2-3-9-8(6-7)4-5-10-9;1-2-5-9-7-3-6-8(9)4-1/h2-6H,1H3;1-2,4-5H,3,6-7H2. The number of fused-ring (bicyclic) bond motifs is 2. The van der Waals surface area contributed by atoms with Gasteiger partial charge < -0.3 is 4.42 Å². The van der Waals surface area contributed by atoms with Crippen molar-refractivity contribution in [3.63, 3.8) is 0 Å². The molecule has 0 unspecified atom stereocenters. The molecule has 0 radical (unpaired) electrons. The summed E-state index contributed by atoms with van der Waals surface area (Å²) in [6, 6.07) is 16.9. The maximum Gasteiger partial charge on any atom is 0.133 e. The fourth-order valence-electron chi connectivity index (χ4n) is 2.60. The third-order valence-corrected chi connectivity index (χ3v) is 3.62. The summed E-state index contributed by atoms with van der Waals surface area (Å²) in [5.74, 6) is 0. The molecule has 1 nitrogen and oxygen atoms in total. The Kier molecular flexibility index (Phi) is 3.37. The van der Waals surface area contributed by atoms with Crippen molar-refractivity contribution in [3.8, 4) is 0 Å². The van der Waals surface area contributed by atoms with Gasteiger partial charge in [-0.3, -0.25) is 0 Å². The second-order valence-electron chi connectivity index (χ2n) is 5.08. The monoisotopic (exact) mass is 250 g/mol. The largest absolute Gasteiger partial charge is 0.464 e. The maximum atomic E-state index is 5.17. The maximum absolute atomic E-state index is 5.17. The lowest BCUT2D eigenvalue weighted by Gasteiger charge is -1.93. The molecule has 0 amide bonds. The minimum Gasteiger partial charge on any atom is -0.464 e. The van der Waals surface area contributed by atoms with Gasteiger partial charge >= 0.3 is 0 Å². The van der Waals surface area contributed by atoms with Gasteiger partial charge in [-0.05, 0) is 55.5 Å². The van der Waals surface area contributed by atoms with Crippen molar-refractivity contribution in [1.82, 2.24) is 0 Å². The van der Waals surface area contributed by atoms with Crippen LogP contribution in [-0.2, 0) is 12.8 Å². The first-order chi connectivity index (χ1) is 9.33. The Bertz CT molecular complexity index is 656. The van der Waals surface area contributed by atoms with E-state index in [0.717, 1.165) is 5.58 Å². The SMILES string of the molecule is Cc1ccc2occc2c1.c1ccc2c(c1)CCC2. The van der Waals surface area contributed by atoms with E-state index in [4.69, 9.17) is 4.42 Å². The van der Waals surface area contributed by atoms with Gasteiger partial charge in [0.2, 0.25) is 0 Å². The number of benzene rings is 2. The van der Waals surface area contributed by atoms with Gasteiger partial charge in [0.05, 0.1) is 6.26 Å². The Morgan fingerprint density at radius 2 is 1.63 bits per heavy atom. The first-order valence-electron chi connectivity index (χ1n) is 6.83. The second kappa shape index (κ2) is 5.31. The lowest BCUT2D eigenvalue weighted by molar-refractivity contribution is 0.616. The molecule has 1 aromatic heterocycles. The molecule has 0 saturated carbocycles. The molecule has 96 valence electrons. The van der Waals surface area contributed by atoms with E-state index in [0.29, 0.717) is 0 Å². The molecule has 0 fully saturated rings. The Hall–Kier alpha value is -2.02. The lowest BCUT2D eigenvalue weighted by Crippen LogP contribution is -1.77. The number of hydrogen-bond acceptors (Lipinski definition) is 1. The second-order valence-corrected chi connectivity index (χ2v) is 5.08. The Labute approximate surface area is 113 Å². The molecule has 0 aliphatic heterocycles. The van der Waals surface area contributed by atoms with Crippen LogP contribution in [0.15, 0.2) is 59.2 Å². The summed E-state index contributed by atoms with van der Waals surface area (Å²) >= 11 is 0. The molecule has 1 aliphatic carbocycles. The number of furan rings is 1. The molecule has 1 heterocycles. The van der Waals surface area contributed by atoms with Crippen LogP contribution in [0.1, 0.15) is 23.1 Å². The number of aryl methyl sites for hydroxylation is 3. The average Bonchev–Trinajstić information content (AvgIpc) is 3.07. The van der Waals surface area contributed by atoms with Crippen molar-refractivity contribution in [1.29, 1.82) is 0 Å². The third-order valence-electron chi connectivity index (χ3n) is 3.62. The van der Waals surface area contributed by atoms with Crippen LogP contribution in [0.25, 0.3) is 11.0 Å². The molecule has 19 heavy (non-hydrogen) atoms. The Morgan fingerprint density at radius 3 is 2.37 bits per heavy atom. The molecule has 0 atom stereocenters. The first-order valence-corrected chi connectivity index (χ1v) is 6.83. The van der Waals surface area contributed by atoms with Gasteiger partial charge in [-0.15, -0.1) is 0 Å². The Balaban J connectivity index is 0.000000117. The predicted molar refractivity (Wildman–Crippen MR) is 79.4 cm³/mol. The topological polar surface area (TPSA) is 13.1 Å². The van der Waals surface area contributed by atoms with Gasteiger partial charge in [-0.2, -0.15) is 0 Å². The van der Waals surface area contributed by atoms with Crippen molar-refractivity contribution >= 4 is 11.0 Å². The summed E-state index contributed by atoms with van der Waals surface area (Å²) in [6.45, 7) is 2.08. The normalized spacial score (nSPS) is 12.9. The third kappa shape index (κ3) is 2.70. The first kappa shape index (κ1) is 12.0. The van der Waals surface area contributed by atoms with Crippen molar-refractivity contribution in [2.45, 2.75) is 26.2 Å². The van der Waals surface area contributed by atoms with Crippen molar-refractivity contribution in [3.05, 3.63) is 71.5 Å². The van der Waals surface area contributed by atoms with Crippen LogP contribution in [0.2, 0.25) is 0 Å². The molecule has 3 aromatic rings. The summed E-state index contributed by atoms with van der Waals surface area (Å²) in [5, 5.41) is 1.18. The van der Waals surface area contributed by atoms with Gasteiger partial charge in [0, 0.05) is 5.39 Å². The van der Waals surface area contributed by atoms with Crippen LogP contribution in [0, 0.1) is 6.92 Å². The fraction of sp³-hybridized carbons (Fsp3) is 0.222. The van der Waals surface area contributed by atoms with Crippen LogP contribution in [0.4, 0.5) is 0 Å². The van der Waals surface area contributed by atoms with Crippen LogP contribution >= 0.6 is 0 Å². The highest BCUT2D eigenvalue weighted by Gasteiger charge is 2.07. The highest BCUT2D eigenvalue weighted by molar-refractivity contribution is 5.77. The van der Waals surface area contributed by atoms with E-state index >= 15 is 0 Å². The van der Waals surface area contributed by atoms with Gasteiger partial charge in [0.15, 0.2) is 0 Å². The van der Waals surface area contributed by atoms with Crippen molar-refractivity contribution in [2.75, 3.05) is 0 Å². The molecule has 4 rings (SSSR count). The lowest BCUT2D eigenvalue weighted by atomic mass is 10.1. The van der Waals surface area contributed by atoms with E-state index in [1.807, 2.05) is 18.2 Å². The van der Waals surface area contributed by atoms with E-state index in [1.165, 1.54) is 30.2 Å². The highest BCUT2D eigenvalue weighted by atomic mass is 16.3. The number of hydrogen-bond donors (Lipinski definition) is 0. The smallest absolute Gasteiger partial charge is 0.133 e. The van der Waals surface area contributed by atoms with Crippen LogP contribution < -0.4 is 0 Å². The fourth-order valence-corrected chi connectivity index (χ4v) is 2.60. The van der Waals surface area contributed by atoms with Gasteiger partial charge in [-0.25, -0.2) is 0 Å². The van der Waals surface area contributed by atoms with E-state index in [1.54, 1.807) is 17.4 Å². The quantitative estimate of drug-likeness (QED) is 0.552. The zero-order valence-electron chi connectivity index (χ0n) is 11.2. The van der Waals surface area contributed by atoms with E-state index in [2.05, 4.69) is 37.3 Å². The molecule has 0 saturated heterocycles. The zero-order chi connectivity index (χ0) is 13.1.